The zero-order valence-electron chi connectivity index (χ0n) is 21.3. The van der Waals surface area contributed by atoms with Crippen LogP contribution in [0.25, 0.3) is 37.4 Å². The molecule has 0 fully saturated rings. The van der Waals surface area contributed by atoms with Crippen molar-refractivity contribution < 1.29 is 27.4 Å². The lowest BCUT2D eigenvalue weighted by Gasteiger charge is -2.15. The minimum atomic E-state index is -5.30. The monoisotopic (exact) mass is 591 g/mol. The molecule has 3 heterocycles. The van der Waals surface area contributed by atoms with Crippen molar-refractivity contribution in [2.75, 3.05) is 32.7 Å². The number of methoxy groups -OCH3 is 1. The van der Waals surface area contributed by atoms with E-state index in [1.807, 2.05) is 18.7 Å². The van der Waals surface area contributed by atoms with E-state index in [1.54, 1.807) is 54.5 Å². The van der Waals surface area contributed by atoms with E-state index in [1.165, 1.54) is 6.07 Å². The van der Waals surface area contributed by atoms with Gasteiger partial charge in [0.05, 0.1) is 28.8 Å². The molecular formula is C26H21ClF3N5O4S. The molecule has 0 aliphatic heterocycles. The number of imidazole rings is 1. The number of rotatable bonds is 7. The van der Waals surface area contributed by atoms with E-state index >= 15 is 0 Å². The van der Waals surface area contributed by atoms with Gasteiger partial charge in [-0.3, -0.25) is 4.79 Å². The summed E-state index contributed by atoms with van der Waals surface area (Å²) < 4.78 is 52.3. The predicted octanol–water partition coefficient (Wildman–Crippen LogP) is 5.30. The number of carbonyl (C=O) groups excluding carboxylic acids is 1. The number of halogens is 4. The second kappa shape index (κ2) is 10.6. The zero-order chi connectivity index (χ0) is 28.8. The van der Waals surface area contributed by atoms with Gasteiger partial charge in [-0.15, -0.1) is 11.3 Å². The molecule has 14 heteroatoms. The van der Waals surface area contributed by atoms with Crippen molar-refractivity contribution in [2.45, 2.75) is 12.7 Å². The van der Waals surface area contributed by atoms with Crippen LogP contribution in [0.2, 0.25) is 5.02 Å². The first-order valence-electron chi connectivity index (χ1n) is 11.8. The number of anilines is 1. The van der Waals surface area contributed by atoms with E-state index in [9.17, 15) is 22.8 Å². The first-order valence-corrected chi connectivity index (χ1v) is 13.0. The summed E-state index contributed by atoms with van der Waals surface area (Å²) in [6, 6.07) is 12.3. The Morgan fingerprint density at radius 2 is 1.80 bits per heavy atom. The molecular weight excluding hydrogens is 571 g/mol. The normalized spacial score (nSPS) is 11.9. The average Bonchev–Trinajstić information content (AvgIpc) is 3.49. The number of hydrogen-bond acceptors (Lipinski definition) is 8. The number of alkyl halides is 3. The van der Waals surface area contributed by atoms with Crippen molar-refractivity contribution in [3.05, 3.63) is 63.9 Å². The summed E-state index contributed by atoms with van der Waals surface area (Å²) in [6.45, 7) is 0.780. The Hall–Kier alpha value is -3.94. The maximum atomic E-state index is 13.8. The maximum Gasteiger partial charge on any atom is 0.491 e. The molecule has 0 aliphatic rings. The maximum absolute atomic E-state index is 13.8. The van der Waals surface area contributed by atoms with Gasteiger partial charge in [0.15, 0.2) is 0 Å². The Balaban J connectivity index is 1.74. The lowest BCUT2D eigenvalue weighted by molar-refractivity contribution is -0.190. The molecule has 0 saturated heterocycles. The molecule has 0 saturated carbocycles. The van der Waals surface area contributed by atoms with Gasteiger partial charge in [-0.25, -0.2) is 14.3 Å². The van der Waals surface area contributed by atoms with Crippen LogP contribution in [0.15, 0.2) is 53.3 Å². The van der Waals surface area contributed by atoms with Crippen molar-refractivity contribution >= 4 is 56.1 Å². The molecule has 0 aliphatic carbocycles. The van der Waals surface area contributed by atoms with Crippen LogP contribution in [-0.4, -0.2) is 59.1 Å². The summed E-state index contributed by atoms with van der Waals surface area (Å²) in [4.78, 5) is 36.8. The Kier molecular flexibility index (Phi) is 7.29. The fraction of sp³-hybridized carbons (Fsp3) is 0.231. The molecule has 0 bridgehead atoms. The Labute approximate surface area is 234 Å². The average molecular weight is 592 g/mol. The minimum absolute atomic E-state index is 0.0854. The lowest BCUT2D eigenvalue weighted by atomic mass is 10.2. The van der Waals surface area contributed by atoms with E-state index < -0.39 is 23.7 Å². The second-order valence-corrected chi connectivity index (χ2v) is 10.4. The van der Waals surface area contributed by atoms with Crippen LogP contribution in [0, 0.1) is 0 Å². The molecule has 208 valence electrons. The SMILES string of the molecule is COCCn1c(N(C)C)nc2ccc(-n3c(OC(=O)C(F)(F)F)nc4cc(-c5ccc(Cl)cc5)sc4c3=O)cc21. The Morgan fingerprint density at radius 3 is 2.45 bits per heavy atom. The van der Waals surface area contributed by atoms with Gasteiger partial charge in [0.1, 0.15) is 4.70 Å². The fourth-order valence-corrected chi connectivity index (χ4v) is 5.29. The highest BCUT2D eigenvalue weighted by atomic mass is 35.5. The molecule has 5 aromatic rings. The summed E-state index contributed by atoms with van der Waals surface area (Å²) in [5.74, 6) is -1.89. The summed E-state index contributed by atoms with van der Waals surface area (Å²) >= 11 is 7.09. The predicted molar refractivity (Wildman–Crippen MR) is 147 cm³/mol. The van der Waals surface area contributed by atoms with Gasteiger partial charge in [0.2, 0.25) is 5.95 Å². The highest BCUT2D eigenvalue weighted by Gasteiger charge is 2.42. The van der Waals surface area contributed by atoms with E-state index in [0.29, 0.717) is 40.0 Å². The van der Waals surface area contributed by atoms with Crippen molar-refractivity contribution in [1.82, 2.24) is 19.1 Å². The molecule has 0 radical (unpaired) electrons. The lowest BCUT2D eigenvalue weighted by Crippen LogP contribution is -2.31. The van der Waals surface area contributed by atoms with Gasteiger partial charge in [0, 0.05) is 37.6 Å². The highest BCUT2D eigenvalue weighted by Crippen LogP contribution is 2.34. The third-order valence-electron chi connectivity index (χ3n) is 5.95. The van der Waals surface area contributed by atoms with E-state index in [0.717, 1.165) is 21.5 Å². The smallest absolute Gasteiger partial charge is 0.385 e. The van der Waals surface area contributed by atoms with E-state index in [4.69, 9.17) is 16.3 Å². The summed E-state index contributed by atoms with van der Waals surface area (Å²) in [5.41, 5.74) is 1.43. The van der Waals surface area contributed by atoms with Gasteiger partial charge < -0.3 is 18.9 Å². The number of nitrogens with zero attached hydrogens (tertiary/aromatic N) is 5. The summed E-state index contributed by atoms with van der Waals surface area (Å²) in [5, 5.41) is 0.518. The summed E-state index contributed by atoms with van der Waals surface area (Å²) in [7, 11) is 5.19. The summed E-state index contributed by atoms with van der Waals surface area (Å²) in [6.07, 6.45) is -5.30. The first kappa shape index (κ1) is 27.6. The molecule has 0 N–H and O–H groups in total. The van der Waals surface area contributed by atoms with Crippen LogP contribution >= 0.6 is 22.9 Å². The van der Waals surface area contributed by atoms with Crippen LogP contribution < -0.4 is 15.2 Å². The quantitative estimate of drug-likeness (QED) is 0.237. The second-order valence-electron chi connectivity index (χ2n) is 8.88. The van der Waals surface area contributed by atoms with Crippen LogP contribution in [0.1, 0.15) is 0 Å². The van der Waals surface area contributed by atoms with Gasteiger partial charge >= 0.3 is 18.2 Å². The Morgan fingerprint density at radius 1 is 1.07 bits per heavy atom. The molecule has 2 aromatic carbocycles. The third kappa shape index (κ3) is 5.15. The molecule has 0 atom stereocenters. The molecule has 0 spiro atoms. The molecule has 3 aromatic heterocycles. The van der Waals surface area contributed by atoms with Crippen LogP contribution in [-0.2, 0) is 16.1 Å². The minimum Gasteiger partial charge on any atom is -0.385 e. The number of aromatic nitrogens is 4. The number of ether oxygens (including phenoxy) is 2. The number of hydrogen-bond donors (Lipinski definition) is 0. The van der Waals surface area contributed by atoms with Gasteiger partial charge in [-0.2, -0.15) is 18.2 Å². The largest absolute Gasteiger partial charge is 0.491 e. The number of thiophene rings is 1. The van der Waals surface area contributed by atoms with Crippen LogP contribution in [0.4, 0.5) is 19.1 Å². The number of benzene rings is 2. The Bertz CT molecular complexity index is 1800. The van der Waals surface area contributed by atoms with E-state index in [-0.39, 0.29) is 15.9 Å². The number of fused-ring (bicyclic) bond motifs is 2. The van der Waals surface area contributed by atoms with Gasteiger partial charge in [0.25, 0.3) is 5.56 Å². The number of carbonyl (C=O) groups is 1. The molecule has 9 nitrogen and oxygen atoms in total. The van der Waals surface area contributed by atoms with Crippen molar-refractivity contribution in [2.24, 2.45) is 0 Å². The topological polar surface area (TPSA) is 91.5 Å². The standard InChI is InChI=1S/C26H21ClF3N5O4S/c1-33(2)24-31-17-9-8-16(12-19(17)34(24)10-11-38-3)35-22(36)21-18(32-25(35)39-23(37)26(28,29)30)13-20(40-21)14-4-6-15(27)7-5-14/h4-9,12-13H,10-11H2,1-3H3. The molecule has 0 unspecified atom stereocenters. The fourth-order valence-electron chi connectivity index (χ4n) is 4.13. The first-order chi connectivity index (χ1) is 19.0. The van der Waals surface area contributed by atoms with Gasteiger partial charge in [-0.1, -0.05) is 23.7 Å². The van der Waals surface area contributed by atoms with Crippen LogP contribution in [0.5, 0.6) is 6.01 Å². The van der Waals surface area contributed by atoms with Gasteiger partial charge in [-0.05, 0) is 42.0 Å². The molecule has 40 heavy (non-hydrogen) atoms. The molecule has 0 amide bonds. The third-order valence-corrected chi connectivity index (χ3v) is 7.36. The van der Waals surface area contributed by atoms with Crippen LogP contribution in [0.3, 0.4) is 0 Å². The molecule has 5 rings (SSSR count). The van der Waals surface area contributed by atoms with Crippen molar-refractivity contribution in [1.29, 1.82) is 0 Å². The van der Waals surface area contributed by atoms with Crippen molar-refractivity contribution in [3.63, 3.8) is 0 Å². The van der Waals surface area contributed by atoms with Crippen molar-refractivity contribution in [3.8, 4) is 22.1 Å². The highest BCUT2D eigenvalue weighted by molar-refractivity contribution is 7.22. The number of esters is 1. The van der Waals surface area contributed by atoms with E-state index in [2.05, 4.69) is 14.7 Å². The zero-order valence-corrected chi connectivity index (χ0v) is 22.9.